The Morgan fingerprint density at radius 1 is 1.14 bits per heavy atom. The van der Waals surface area contributed by atoms with Gasteiger partial charge in [-0.25, -0.2) is 14.2 Å². The van der Waals surface area contributed by atoms with Crippen LogP contribution in [0.3, 0.4) is 0 Å². The van der Waals surface area contributed by atoms with Gasteiger partial charge in [-0.3, -0.25) is 4.79 Å². The third kappa shape index (κ3) is 6.90. The van der Waals surface area contributed by atoms with Crippen molar-refractivity contribution in [2.75, 3.05) is 12.4 Å². The van der Waals surface area contributed by atoms with E-state index in [1.165, 1.54) is 20.0 Å². The molecule has 0 unspecified atom stereocenters. The number of carbonyl (C=O) groups excluding carboxylic acids is 1. The highest BCUT2D eigenvalue weighted by molar-refractivity contribution is 5.96. The lowest BCUT2D eigenvalue weighted by Crippen LogP contribution is -2.33. The Balaban J connectivity index is 0.000000696. The van der Waals surface area contributed by atoms with Crippen molar-refractivity contribution < 1.29 is 19.4 Å². The topological polar surface area (TPSA) is 97.6 Å². The quantitative estimate of drug-likeness (QED) is 0.764. The van der Waals surface area contributed by atoms with Gasteiger partial charge in [0.05, 0.1) is 5.69 Å². The second-order valence-electron chi connectivity index (χ2n) is 7.81. The van der Waals surface area contributed by atoms with Crippen LogP contribution in [0.1, 0.15) is 49.3 Å². The number of aryl methyl sites for hydroxylation is 1. The van der Waals surface area contributed by atoms with Gasteiger partial charge in [0, 0.05) is 12.7 Å². The van der Waals surface area contributed by atoms with Gasteiger partial charge in [-0.15, -0.1) is 0 Å². The molecule has 0 radical (unpaired) electrons. The molecule has 2 aromatic rings. The highest BCUT2D eigenvalue weighted by Gasteiger charge is 2.23. The summed E-state index contributed by atoms with van der Waals surface area (Å²) < 4.78 is 5.64. The van der Waals surface area contributed by atoms with Gasteiger partial charge in [0.25, 0.3) is 5.56 Å². The number of esters is 1. The van der Waals surface area contributed by atoms with Crippen LogP contribution in [-0.4, -0.2) is 28.8 Å². The zero-order valence-corrected chi connectivity index (χ0v) is 17.2. The highest BCUT2D eigenvalue weighted by Crippen LogP contribution is 2.15. The van der Waals surface area contributed by atoms with Gasteiger partial charge in [-0.05, 0) is 24.0 Å². The van der Waals surface area contributed by atoms with Crippen molar-refractivity contribution >= 4 is 17.7 Å². The van der Waals surface area contributed by atoms with Crippen LogP contribution >= 0.6 is 0 Å². The number of ether oxygens (including phenoxy) is 1. The Bertz CT molecular complexity index is 874. The van der Waals surface area contributed by atoms with Crippen LogP contribution in [0.4, 0.5) is 10.5 Å². The summed E-state index contributed by atoms with van der Waals surface area (Å²) in [6.45, 7) is 10.2. The Morgan fingerprint density at radius 3 is 2.14 bits per heavy atom. The fourth-order valence-electron chi connectivity index (χ4n) is 2.16. The minimum absolute atomic E-state index is 0.0107. The molecule has 0 spiro atoms. The van der Waals surface area contributed by atoms with Gasteiger partial charge in [0.15, 0.2) is 0 Å². The van der Waals surface area contributed by atoms with E-state index in [1.807, 2.05) is 6.07 Å². The van der Waals surface area contributed by atoms with E-state index in [0.29, 0.717) is 9.98 Å². The Kier molecular flexibility index (Phi) is 7.98. The lowest BCUT2D eigenvalue weighted by molar-refractivity contribution is 0.0471. The fourth-order valence-corrected chi connectivity index (χ4v) is 2.16. The number of carbonyl (C=O) groups is 2. The first kappa shape index (κ1) is 23.0. The van der Waals surface area contributed by atoms with E-state index in [9.17, 15) is 14.4 Å². The molecule has 7 heteroatoms. The summed E-state index contributed by atoms with van der Waals surface area (Å²) in [4.78, 5) is 35.7. The first-order valence-electron chi connectivity index (χ1n) is 8.84. The van der Waals surface area contributed by atoms with Crippen LogP contribution in [0.2, 0.25) is 0 Å². The Morgan fingerprint density at radius 2 is 1.68 bits per heavy atom. The number of nitrogens with one attached hydrogen (secondary N) is 1. The summed E-state index contributed by atoms with van der Waals surface area (Å²) in [6, 6.07) is 10.4. The third-order valence-electron chi connectivity index (χ3n) is 3.27. The van der Waals surface area contributed by atoms with E-state index >= 15 is 0 Å². The smallest absolute Gasteiger partial charge is 0.418 e. The van der Waals surface area contributed by atoms with Crippen molar-refractivity contribution in [2.45, 2.75) is 41.2 Å². The van der Waals surface area contributed by atoms with Crippen LogP contribution in [0.15, 0.2) is 41.2 Å². The molecule has 28 heavy (non-hydrogen) atoms. The molecule has 0 saturated heterocycles. The second-order valence-corrected chi connectivity index (χ2v) is 7.81. The summed E-state index contributed by atoms with van der Waals surface area (Å²) in [5, 5.41) is 11.8. The molecule has 0 bridgehead atoms. The third-order valence-corrected chi connectivity index (χ3v) is 3.27. The van der Waals surface area contributed by atoms with E-state index in [-0.39, 0.29) is 23.6 Å². The number of benzene rings is 1. The molecule has 1 heterocycles. The molecule has 0 fully saturated rings. The molecule has 0 aliphatic heterocycles. The van der Waals surface area contributed by atoms with Gasteiger partial charge < -0.3 is 15.2 Å². The molecule has 7 nitrogen and oxygen atoms in total. The second kappa shape index (κ2) is 9.73. The number of pyridine rings is 1. The van der Waals surface area contributed by atoms with Gasteiger partial charge in [0.2, 0.25) is 0 Å². The fraction of sp³-hybridized carbons (Fsp3) is 0.381. The lowest BCUT2D eigenvalue weighted by atomic mass is 10.0. The molecule has 0 saturated carbocycles. The summed E-state index contributed by atoms with van der Waals surface area (Å²) in [6.07, 6.45) is -1.45. The predicted molar refractivity (Wildman–Crippen MR) is 109 cm³/mol. The average molecular weight is 388 g/mol. The summed E-state index contributed by atoms with van der Waals surface area (Å²) in [5.74, 6) is -0.877. The van der Waals surface area contributed by atoms with E-state index in [2.05, 4.69) is 33.0 Å². The zero-order valence-electron chi connectivity index (χ0n) is 17.2. The monoisotopic (exact) mass is 388 g/mol. The summed E-state index contributed by atoms with van der Waals surface area (Å²) in [5.41, 5.74) is 0.420. The normalized spacial score (nSPS) is 10.5. The predicted octanol–water partition coefficient (Wildman–Crippen LogP) is 4.13. The maximum Gasteiger partial charge on any atom is 0.418 e. The minimum atomic E-state index is -1.45. The van der Waals surface area contributed by atoms with Gasteiger partial charge in [0.1, 0.15) is 12.2 Å². The number of carboxylic acid groups (broad SMARTS) is 1. The molecule has 152 valence electrons. The first-order valence-corrected chi connectivity index (χ1v) is 8.84. The molecule has 2 N–H and O–H groups in total. The zero-order chi connectivity index (χ0) is 21.5. The molecule has 1 aromatic carbocycles. The number of anilines is 1. The van der Waals surface area contributed by atoms with Crippen molar-refractivity contribution in [1.82, 2.24) is 4.57 Å². The SMILES string of the molecule is CC(C)(C)C.CNc1cc(C)n(C(=O)O)c(=O)c1C(=O)OCc1ccccc1. The molecule has 2 rings (SSSR count). The minimum Gasteiger partial charge on any atom is -0.464 e. The van der Waals surface area contributed by atoms with E-state index < -0.39 is 17.6 Å². The number of rotatable bonds is 4. The molecule has 0 amide bonds. The van der Waals surface area contributed by atoms with Gasteiger partial charge in [-0.2, -0.15) is 0 Å². The number of nitrogens with zero attached hydrogens (tertiary/aromatic N) is 1. The maximum atomic E-state index is 12.3. The molecule has 0 aliphatic carbocycles. The van der Waals surface area contributed by atoms with Crippen LogP contribution in [0, 0.1) is 12.3 Å². The maximum absolute atomic E-state index is 12.3. The Labute approximate surface area is 165 Å². The molecule has 0 atom stereocenters. The van der Waals surface area contributed by atoms with Crippen molar-refractivity contribution in [3.63, 3.8) is 0 Å². The lowest BCUT2D eigenvalue weighted by Gasteiger charge is -2.12. The van der Waals surface area contributed by atoms with Crippen molar-refractivity contribution in [3.8, 4) is 0 Å². The van der Waals surface area contributed by atoms with E-state index in [4.69, 9.17) is 9.84 Å². The highest BCUT2D eigenvalue weighted by atomic mass is 16.5. The van der Waals surface area contributed by atoms with Crippen LogP contribution in [0.25, 0.3) is 0 Å². The molecular formula is C21H28N2O5. The van der Waals surface area contributed by atoms with Crippen LogP contribution < -0.4 is 10.9 Å². The summed E-state index contributed by atoms with van der Waals surface area (Å²) in [7, 11) is 1.54. The van der Waals surface area contributed by atoms with Crippen molar-refractivity contribution in [1.29, 1.82) is 0 Å². The number of hydrogen-bond donors (Lipinski definition) is 2. The Hall–Kier alpha value is -3.09. The van der Waals surface area contributed by atoms with Crippen molar-refractivity contribution in [2.24, 2.45) is 5.41 Å². The molecule has 1 aromatic heterocycles. The van der Waals surface area contributed by atoms with Crippen molar-refractivity contribution in [3.05, 3.63) is 63.6 Å². The van der Waals surface area contributed by atoms with Crippen LogP contribution in [0.5, 0.6) is 0 Å². The molecular weight excluding hydrogens is 360 g/mol. The number of hydrogen-bond acceptors (Lipinski definition) is 5. The van der Waals surface area contributed by atoms with Crippen LogP contribution in [-0.2, 0) is 11.3 Å². The molecule has 0 aliphatic rings. The average Bonchev–Trinajstić information content (AvgIpc) is 2.58. The number of aromatic nitrogens is 1. The first-order chi connectivity index (χ1) is 13.0. The standard InChI is InChI=1S/C16H16N2O5.C5H12/c1-10-8-12(17-2)13(14(19)18(10)16(21)22)15(20)23-9-11-6-4-3-5-7-11;1-5(2,3)4/h3-8,17H,9H2,1-2H3,(H,21,22);1-4H3. The van der Waals surface area contributed by atoms with E-state index in [1.54, 1.807) is 24.3 Å². The summed E-state index contributed by atoms with van der Waals surface area (Å²) >= 11 is 0. The largest absolute Gasteiger partial charge is 0.464 e. The van der Waals surface area contributed by atoms with E-state index in [0.717, 1.165) is 5.56 Å². The van der Waals surface area contributed by atoms with Gasteiger partial charge >= 0.3 is 12.1 Å². The van der Waals surface area contributed by atoms with Gasteiger partial charge in [-0.1, -0.05) is 58.0 Å².